The van der Waals surface area contributed by atoms with Crippen LogP contribution in [0.4, 0.5) is 0 Å². The van der Waals surface area contributed by atoms with Gasteiger partial charge in [-0.15, -0.1) is 0 Å². The summed E-state index contributed by atoms with van der Waals surface area (Å²) in [5.74, 6) is 0. The molecule has 1 atom stereocenters. The van der Waals surface area contributed by atoms with Crippen molar-refractivity contribution in [3.05, 3.63) is 59.9 Å². The van der Waals surface area contributed by atoms with Gasteiger partial charge in [-0.3, -0.25) is 4.98 Å². The number of benzene rings is 1. The van der Waals surface area contributed by atoms with E-state index in [-0.39, 0.29) is 6.04 Å². The first-order chi connectivity index (χ1) is 10.4. The van der Waals surface area contributed by atoms with Crippen LogP contribution in [0.15, 0.2) is 53.7 Å². The van der Waals surface area contributed by atoms with Crippen molar-refractivity contribution in [2.45, 2.75) is 24.4 Å². The van der Waals surface area contributed by atoms with E-state index < -0.39 is 10.0 Å². The van der Waals surface area contributed by atoms with Crippen LogP contribution in [0, 0.1) is 0 Å². The van der Waals surface area contributed by atoms with Crippen LogP contribution >= 0.6 is 0 Å². The number of hydrogen-bond acceptors (Lipinski definition) is 4. The molecule has 1 aromatic heterocycles. The molecule has 2 rings (SSSR count). The van der Waals surface area contributed by atoms with Gasteiger partial charge in [0.1, 0.15) is 0 Å². The monoisotopic (exact) mass is 319 g/mol. The largest absolute Gasteiger partial charge is 0.306 e. The highest BCUT2D eigenvalue weighted by Gasteiger charge is 2.17. The van der Waals surface area contributed by atoms with Gasteiger partial charge in [-0.1, -0.05) is 18.2 Å². The summed E-state index contributed by atoms with van der Waals surface area (Å²) in [6.07, 6.45) is 3.57. The Morgan fingerprint density at radius 3 is 2.64 bits per heavy atom. The van der Waals surface area contributed by atoms with Gasteiger partial charge in [0, 0.05) is 39.1 Å². The van der Waals surface area contributed by atoms with Crippen LogP contribution in [0.2, 0.25) is 0 Å². The number of sulfonamides is 1. The lowest BCUT2D eigenvalue weighted by Crippen LogP contribution is -2.23. The number of pyridine rings is 1. The number of hydrogen-bond donors (Lipinski definition) is 1. The molecule has 0 unspecified atom stereocenters. The van der Waals surface area contributed by atoms with Gasteiger partial charge in [0.05, 0.1) is 4.90 Å². The third-order valence-corrected chi connectivity index (χ3v) is 5.28. The number of rotatable bonds is 6. The molecular formula is C16H21N3O2S. The molecule has 5 nitrogen and oxygen atoms in total. The predicted octanol–water partition coefficient (Wildman–Crippen LogP) is 2.18. The quantitative estimate of drug-likeness (QED) is 0.886. The highest BCUT2D eigenvalue weighted by atomic mass is 32.2. The highest BCUT2D eigenvalue weighted by molar-refractivity contribution is 7.89. The maximum Gasteiger partial charge on any atom is 0.242 e. The molecule has 0 aliphatic carbocycles. The van der Waals surface area contributed by atoms with Crippen molar-refractivity contribution in [1.82, 2.24) is 14.6 Å². The SMILES string of the molecule is C[C@H](NCc1cccc(S(=O)(=O)N(C)C)c1)c1cccnc1. The van der Waals surface area contributed by atoms with Gasteiger partial charge in [-0.25, -0.2) is 12.7 Å². The highest BCUT2D eigenvalue weighted by Crippen LogP contribution is 2.16. The average Bonchev–Trinajstić information content (AvgIpc) is 2.53. The van der Waals surface area contributed by atoms with Crippen LogP contribution in [0.1, 0.15) is 24.1 Å². The first kappa shape index (κ1) is 16.6. The van der Waals surface area contributed by atoms with Gasteiger partial charge < -0.3 is 5.32 Å². The molecule has 1 heterocycles. The van der Waals surface area contributed by atoms with E-state index in [9.17, 15) is 8.42 Å². The van der Waals surface area contributed by atoms with Gasteiger partial charge in [-0.2, -0.15) is 0 Å². The molecule has 2 aromatic rings. The summed E-state index contributed by atoms with van der Waals surface area (Å²) in [4.78, 5) is 4.41. The Bertz CT molecular complexity index is 715. The smallest absolute Gasteiger partial charge is 0.242 e. The van der Waals surface area contributed by atoms with E-state index in [4.69, 9.17) is 0 Å². The van der Waals surface area contributed by atoms with Crippen LogP contribution in [0.25, 0.3) is 0 Å². The molecule has 118 valence electrons. The van der Waals surface area contributed by atoms with Crippen molar-refractivity contribution in [1.29, 1.82) is 0 Å². The third-order valence-electron chi connectivity index (χ3n) is 3.47. The van der Waals surface area contributed by atoms with E-state index in [2.05, 4.69) is 17.2 Å². The number of nitrogens with zero attached hydrogens (tertiary/aromatic N) is 2. The molecular weight excluding hydrogens is 298 g/mol. The Morgan fingerprint density at radius 1 is 1.23 bits per heavy atom. The molecule has 22 heavy (non-hydrogen) atoms. The second-order valence-electron chi connectivity index (χ2n) is 5.32. The summed E-state index contributed by atoms with van der Waals surface area (Å²) in [6, 6.07) is 11.1. The minimum atomic E-state index is -3.39. The van der Waals surface area contributed by atoms with Crippen LogP contribution in [0.5, 0.6) is 0 Å². The lowest BCUT2D eigenvalue weighted by Gasteiger charge is -2.15. The lowest BCUT2D eigenvalue weighted by atomic mass is 10.1. The molecule has 0 bridgehead atoms. The fourth-order valence-corrected chi connectivity index (χ4v) is 3.02. The molecule has 0 fully saturated rings. The molecule has 1 aromatic carbocycles. The molecule has 0 aliphatic heterocycles. The van der Waals surface area contributed by atoms with E-state index in [1.54, 1.807) is 24.4 Å². The second-order valence-corrected chi connectivity index (χ2v) is 7.48. The molecule has 0 amide bonds. The summed E-state index contributed by atoms with van der Waals surface area (Å²) in [7, 11) is -0.330. The van der Waals surface area contributed by atoms with E-state index in [1.807, 2.05) is 24.4 Å². The molecule has 1 N–H and O–H groups in total. The predicted molar refractivity (Wildman–Crippen MR) is 86.8 cm³/mol. The fourth-order valence-electron chi connectivity index (χ4n) is 2.05. The summed E-state index contributed by atoms with van der Waals surface area (Å²) in [5, 5.41) is 3.37. The van der Waals surface area contributed by atoms with Gasteiger partial charge in [0.2, 0.25) is 10.0 Å². The molecule has 0 radical (unpaired) electrons. The second kappa shape index (κ2) is 7.00. The van der Waals surface area contributed by atoms with Crippen LogP contribution in [-0.4, -0.2) is 31.8 Å². The topological polar surface area (TPSA) is 62.3 Å². The Balaban J connectivity index is 2.09. The number of aromatic nitrogens is 1. The van der Waals surface area contributed by atoms with Crippen molar-refractivity contribution in [2.75, 3.05) is 14.1 Å². The first-order valence-electron chi connectivity index (χ1n) is 7.06. The third kappa shape index (κ3) is 3.91. The molecule has 6 heteroatoms. The Hall–Kier alpha value is -1.76. The minimum absolute atomic E-state index is 0.141. The number of nitrogens with one attached hydrogen (secondary N) is 1. The maximum atomic E-state index is 12.1. The Morgan fingerprint density at radius 2 is 2.00 bits per heavy atom. The lowest BCUT2D eigenvalue weighted by molar-refractivity contribution is 0.520. The molecule has 0 aliphatic rings. The van der Waals surface area contributed by atoms with Crippen molar-refractivity contribution < 1.29 is 8.42 Å². The Labute approximate surface area is 132 Å². The van der Waals surface area contributed by atoms with Gasteiger partial charge in [0.15, 0.2) is 0 Å². The van der Waals surface area contributed by atoms with Crippen molar-refractivity contribution >= 4 is 10.0 Å². The van der Waals surface area contributed by atoms with Crippen molar-refractivity contribution in [2.24, 2.45) is 0 Å². The van der Waals surface area contributed by atoms with Crippen molar-refractivity contribution in [3.63, 3.8) is 0 Å². The van der Waals surface area contributed by atoms with E-state index in [1.165, 1.54) is 18.4 Å². The first-order valence-corrected chi connectivity index (χ1v) is 8.50. The zero-order chi connectivity index (χ0) is 16.2. The molecule has 0 saturated heterocycles. The van der Waals surface area contributed by atoms with Crippen molar-refractivity contribution in [3.8, 4) is 0 Å². The van der Waals surface area contributed by atoms with E-state index >= 15 is 0 Å². The summed E-state index contributed by atoms with van der Waals surface area (Å²) in [5.41, 5.74) is 2.03. The molecule has 0 spiro atoms. The standard InChI is InChI=1S/C16H21N3O2S/c1-13(15-7-5-9-17-12-15)18-11-14-6-4-8-16(10-14)22(20,21)19(2)3/h4-10,12-13,18H,11H2,1-3H3/t13-/m0/s1. The van der Waals surface area contributed by atoms with E-state index in [0.29, 0.717) is 11.4 Å². The average molecular weight is 319 g/mol. The fraction of sp³-hybridized carbons (Fsp3) is 0.312. The normalized spacial score (nSPS) is 13.3. The van der Waals surface area contributed by atoms with Gasteiger partial charge in [0.25, 0.3) is 0 Å². The van der Waals surface area contributed by atoms with Gasteiger partial charge >= 0.3 is 0 Å². The van der Waals surface area contributed by atoms with Crippen LogP contribution < -0.4 is 5.32 Å². The summed E-state index contributed by atoms with van der Waals surface area (Å²) < 4.78 is 25.5. The Kier molecular flexibility index (Phi) is 5.28. The zero-order valence-corrected chi connectivity index (χ0v) is 13.8. The summed E-state index contributed by atoms with van der Waals surface area (Å²) in [6.45, 7) is 2.64. The van der Waals surface area contributed by atoms with Gasteiger partial charge in [-0.05, 0) is 36.2 Å². The molecule has 0 saturated carbocycles. The maximum absolute atomic E-state index is 12.1. The van der Waals surface area contributed by atoms with Crippen LogP contribution in [0.3, 0.4) is 0 Å². The zero-order valence-electron chi connectivity index (χ0n) is 13.0. The van der Waals surface area contributed by atoms with Crippen LogP contribution in [-0.2, 0) is 16.6 Å². The summed E-state index contributed by atoms with van der Waals surface area (Å²) >= 11 is 0. The van der Waals surface area contributed by atoms with E-state index in [0.717, 1.165) is 11.1 Å². The minimum Gasteiger partial charge on any atom is -0.306 e.